The van der Waals surface area contributed by atoms with E-state index in [9.17, 15) is 14.0 Å². The molecule has 0 heterocycles. The Bertz CT molecular complexity index is 469. The van der Waals surface area contributed by atoms with Crippen LogP contribution in [-0.4, -0.2) is 11.7 Å². The van der Waals surface area contributed by atoms with Gasteiger partial charge >= 0.3 is 0 Å². The maximum absolute atomic E-state index is 12.7. The molecule has 0 aromatic heterocycles. The fourth-order valence-corrected chi connectivity index (χ4v) is 2.17. The number of benzene rings is 1. The molecule has 1 aromatic carbocycles. The smallest absolute Gasteiger partial charge is 0.238 e. The Balaban J connectivity index is 2.12. The zero-order chi connectivity index (χ0) is 12.6. The van der Waals surface area contributed by atoms with Crippen LogP contribution in [0.2, 0.25) is 0 Å². The SMILES string of the molecule is CC(=O)[C@@]1(C(=O)Nc2ccc(F)cc2)C[C@H]1C. The molecule has 1 fully saturated rings. The van der Waals surface area contributed by atoms with Crippen molar-refractivity contribution < 1.29 is 14.0 Å². The van der Waals surface area contributed by atoms with Crippen LogP contribution in [0.3, 0.4) is 0 Å². The van der Waals surface area contributed by atoms with Crippen molar-refractivity contribution in [3.05, 3.63) is 30.1 Å². The van der Waals surface area contributed by atoms with Crippen molar-refractivity contribution in [2.45, 2.75) is 20.3 Å². The maximum Gasteiger partial charge on any atom is 0.238 e. The van der Waals surface area contributed by atoms with Gasteiger partial charge in [0.1, 0.15) is 17.0 Å². The van der Waals surface area contributed by atoms with E-state index in [0.29, 0.717) is 12.1 Å². The minimum absolute atomic E-state index is 0.0837. The third-order valence-electron chi connectivity index (χ3n) is 3.44. The van der Waals surface area contributed by atoms with Crippen LogP contribution in [0.5, 0.6) is 0 Å². The average molecular weight is 235 g/mol. The summed E-state index contributed by atoms with van der Waals surface area (Å²) in [5.74, 6) is -0.668. The summed E-state index contributed by atoms with van der Waals surface area (Å²) in [5.41, 5.74) is -0.356. The van der Waals surface area contributed by atoms with Gasteiger partial charge in [0, 0.05) is 5.69 Å². The first kappa shape index (κ1) is 11.8. The molecule has 3 nitrogen and oxygen atoms in total. The molecule has 90 valence electrons. The third kappa shape index (κ3) is 1.95. The molecule has 0 unspecified atom stereocenters. The molecule has 1 aliphatic carbocycles. The second-order valence-electron chi connectivity index (χ2n) is 4.59. The van der Waals surface area contributed by atoms with Gasteiger partial charge in [-0.25, -0.2) is 4.39 Å². The van der Waals surface area contributed by atoms with E-state index < -0.39 is 5.41 Å². The second kappa shape index (κ2) is 3.95. The highest BCUT2D eigenvalue weighted by atomic mass is 19.1. The summed E-state index contributed by atoms with van der Waals surface area (Å²) >= 11 is 0. The van der Waals surface area contributed by atoms with Crippen molar-refractivity contribution in [3.8, 4) is 0 Å². The number of hydrogen-bond donors (Lipinski definition) is 1. The van der Waals surface area contributed by atoms with Crippen molar-refractivity contribution >= 4 is 17.4 Å². The van der Waals surface area contributed by atoms with E-state index in [1.54, 1.807) is 0 Å². The van der Waals surface area contributed by atoms with Crippen molar-refractivity contribution in [2.24, 2.45) is 11.3 Å². The standard InChI is InChI=1S/C13H14FNO2/c1-8-7-13(8,9(2)16)12(17)15-11-5-3-10(14)4-6-11/h3-6,8H,7H2,1-2H3,(H,15,17)/t8-,13-/m1/s1. The summed E-state index contributed by atoms with van der Waals surface area (Å²) in [4.78, 5) is 23.5. The van der Waals surface area contributed by atoms with Crippen LogP contribution in [0.25, 0.3) is 0 Å². The lowest BCUT2D eigenvalue weighted by Crippen LogP contribution is -2.31. The van der Waals surface area contributed by atoms with Crippen molar-refractivity contribution in [2.75, 3.05) is 5.32 Å². The number of amides is 1. The molecule has 0 spiro atoms. The highest BCUT2D eigenvalue weighted by Crippen LogP contribution is 2.53. The Morgan fingerprint density at radius 1 is 1.35 bits per heavy atom. The summed E-state index contributed by atoms with van der Waals surface area (Å²) in [6.45, 7) is 3.32. The topological polar surface area (TPSA) is 46.2 Å². The molecule has 2 atom stereocenters. The van der Waals surface area contributed by atoms with Gasteiger partial charge < -0.3 is 5.32 Å². The van der Waals surface area contributed by atoms with Crippen molar-refractivity contribution in [3.63, 3.8) is 0 Å². The van der Waals surface area contributed by atoms with Crippen LogP contribution in [0.4, 0.5) is 10.1 Å². The average Bonchev–Trinajstić information content (AvgIpc) is 2.95. The van der Waals surface area contributed by atoms with Crippen LogP contribution in [0.15, 0.2) is 24.3 Å². The van der Waals surface area contributed by atoms with Gasteiger partial charge in [0.25, 0.3) is 0 Å². The molecule has 1 saturated carbocycles. The highest BCUT2D eigenvalue weighted by molar-refractivity contribution is 6.13. The van der Waals surface area contributed by atoms with Crippen LogP contribution < -0.4 is 5.32 Å². The molecule has 1 amide bonds. The van der Waals surface area contributed by atoms with Gasteiger partial charge in [-0.2, -0.15) is 0 Å². The molecule has 4 heteroatoms. The number of hydrogen-bond acceptors (Lipinski definition) is 2. The van der Waals surface area contributed by atoms with E-state index in [0.717, 1.165) is 0 Å². The predicted octanol–water partition coefficient (Wildman–Crippen LogP) is 2.38. The normalized spacial score (nSPS) is 26.4. The van der Waals surface area contributed by atoms with Crippen LogP contribution in [-0.2, 0) is 9.59 Å². The first-order valence-corrected chi connectivity index (χ1v) is 5.55. The Morgan fingerprint density at radius 2 is 1.88 bits per heavy atom. The van der Waals surface area contributed by atoms with Gasteiger partial charge in [-0.05, 0) is 43.5 Å². The third-order valence-corrected chi connectivity index (χ3v) is 3.44. The van der Waals surface area contributed by atoms with Crippen molar-refractivity contribution in [1.29, 1.82) is 0 Å². The highest BCUT2D eigenvalue weighted by Gasteiger charge is 2.61. The first-order valence-electron chi connectivity index (χ1n) is 5.55. The minimum Gasteiger partial charge on any atom is -0.325 e. The Labute approximate surface area is 99.0 Å². The lowest BCUT2D eigenvalue weighted by molar-refractivity contribution is -0.132. The van der Waals surface area contributed by atoms with E-state index in [1.807, 2.05) is 6.92 Å². The zero-order valence-corrected chi connectivity index (χ0v) is 9.79. The fourth-order valence-electron chi connectivity index (χ4n) is 2.17. The quantitative estimate of drug-likeness (QED) is 0.817. The summed E-state index contributed by atoms with van der Waals surface area (Å²) < 4.78 is 12.7. The van der Waals surface area contributed by atoms with Gasteiger partial charge in [-0.3, -0.25) is 9.59 Å². The number of carbonyl (C=O) groups excluding carboxylic acids is 2. The Kier molecular flexibility index (Phi) is 2.73. The van der Waals surface area contributed by atoms with Gasteiger partial charge in [0.15, 0.2) is 0 Å². The van der Waals surface area contributed by atoms with E-state index in [-0.39, 0.29) is 23.4 Å². The van der Waals surface area contributed by atoms with Gasteiger partial charge in [-0.1, -0.05) is 6.92 Å². The molecule has 17 heavy (non-hydrogen) atoms. The van der Waals surface area contributed by atoms with E-state index in [1.165, 1.54) is 31.2 Å². The number of ketones is 1. The fraction of sp³-hybridized carbons (Fsp3) is 0.385. The summed E-state index contributed by atoms with van der Waals surface area (Å²) in [7, 11) is 0. The molecule has 2 rings (SSSR count). The summed E-state index contributed by atoms with van der Waals surface area (Å²) in [6, 6.07) is 5.50. The molecule has 1 aromatic rings. The summed E-state index contributed by atoms with van der Waals surface area (Å²) in [5, 5.41) is 2.66. The van der Waals surface area contributed by atoms with Crippen LogP contribution in [0, 0.1) is 17.2 Å². The van der Waals surface area contributed by atoms with Crippen LogP contribution >= 0.6 is 0 Å². The molecule has 1 N–H and O–H groups in total. The number of rotatable bonds is 3. The largest absolute Gasteiger partial charge is 0.325 e. The van der Waals surface area contributed by atoms with Gasteiger partial charge in [0.2, 0.25) is 5.91 Å². The number of halogens is 1. The molecule has 0 saturated heterocycles. The zero-order valence-electron chi connectivity index (χ0n) is 9.79. The number of nitrogens with one attached hydrogen (secondary N) is 1. The monoisotopic (exact) mass is 235 g/mol. The summed E-state index contributed by atoms with van der Waals surface area (Å²) in [6.07, 6.45) is 0.593. The van der Waals surface area contributed by atoms with Gasteiger partial charge in [0.05, 0.1) is 0 Å². The van der Waals surface area contributed by atoms with E-state index in [2.05, 4.69) is 5.32 Å². The Morgan fingerprint density at radius 3 is 2.29 bits per heavy atom. The lowest BCUT2D eigenvalue weighted by Gasteiger charge is -2.13. The number of anilines is 1. The maximum atomic E-state index is 12.7. The minimum atomic E-state index is -0.867. The molecular formula is C13H14FNO2. The molecule has 0 radical (unpaired) electrons. The molecule has 1 aliphatic rings. The second-order valence-corrected chi connectivity index (χ2v) is 4.59. The molecular weight excluding hydrogens is 221 g/mol. The Hall–Kier alpha value is -1.71. The predicted molar refractivity (Wildman–Crippen MR) is 61.9 cm³/mol. The molecule has 0 bridgehead atoms. The molecule has 0 aliphatic heterocycles. The van der Waals surface area contributed by atoms with Crippen molar-refractivity contribution in [1.82, 2.24) is 0 Å². The lowest BCUT2D eigenvalue weighted by atomic mass is 9.98. The van der Waals surface area contributed by atoms with Gasteiger partial charge in [-0.15, -0.1) is 0 Å². The number of carbonyl (C=O) groups is 2. The first-order chi connectivity index (χ1) is 7.96. The van der Waals surface area contributed by atoms with E-state index >= 15 is 0 Å². The van der Waals surface area contributed by atoms with Crippen LogP contribution in [0.1, 0.15) is 20.3 Å². The number of Topliss-reactive ketones (excluding diaryl/α,β-unsaturated/α-hetero) is 1. The van der Waals surface area contributed by atoms with E-state index in [4.69, 9.17) is 0 Å².